The summed E-state index contributed by atoms with van der Waals surface area (Å²) in [5.74, 6) is 0.867. The predicted octanol–water partition coefficient (Wildman–Crippen LogP) is 4.75. The van der Waals surface area contributed by atoms with E-state index in [0.29, 0.717) is 0 Å². The maximum atomic E-state index is 12.4. The van der Waals surface area contributed by atoms with Crippen LogP contribution in [-0.2, 0) is 0 Å². The molecule has 106 valence electrons. The van der Waals surface area contributed by atoms with E-state index in [1.165, 1.54) is 16.7 Å². The normalized spacial score (nSPS) is 15.3. The first-order chi connectivity index (χ1) is 10.2. The summed E-state index contributed by atoms with van der Waals surface area (Å²) in [7, 11) is 1.63. The molecule has 2 nitrogen and oxygen atoms in total. The first kappa shape index (κ1) is 14.3. The third kappa shape index (κ3) is 2.87. The second-order valence-electron chi connectivity index (χ2n) is 4.58. The highest BCUT2D eigenvalue weighted by Gasteiger charge is 2.26. The molecule has 1 aliphatic heterocycles. The first-order valence-corrected chi connectivity index (χ1v) is 8.52. The number of Topliss-reactive ketones (excluding diaryl/α,β-unsaturated/α-hetero) is 1. The fourth-order valence-electron chi connectivity index (χ4n) is 2.15. The van der Waals surface area contributed by atoms with Gasteiger partial charge in [-0.25, -0.2) is 0 Å². The van der Waals surface area contributed by atoms with Crippen LogP contribution in [0.1, 0.15) is 15.9 Å². The van der Waals surface area contributed by atoms with Crippen LogP contribution in [0.4, 0.5) is 0 Å². The van der Waals surface area contributed by atoms with Crippen molar-refractivity contribution in [1.29, 1.82) is 0 Å². The fourth-order valence-corrected chi connectivity index (χ4v) is 3.63. The highest BCUT2D eigenvalue weighted by molar-refractivity contribution is 8.04. The monoisotopic (exact) mass is 314 g/mol. The minimum atomic E-state index is 0.0894. The van der Waals surface area contributed by atoms with Crippen molar-refractivity contribution >= 4 is 35.4 Å². The Kier molecular flexibility index (Phi) is 4.08. The number of hydrogen-bond acceptors (Lipinski definition) is 4. The molecular weight excluding hydrogens is 300 g/mol. The fraction of sp³-hybridized carbons (Fsp3) is 0.118. The summed E-state index contributed by atoms with van der Waals surface area (Å²) in [5, 5.41) is 0. The van der Waals surface area contributed by atoms with Crippen molar-refractivity contribution in [2.75, 3.05) is 13.4 Å². The van der Waals surface area contributed by atoms with Gasteiger partial charge in [-0.15, -0.1) is 11.8 Å². The van der Waals surface area contributed by atoms with Crippen molar-refractivity contribution in [3.8, 4) is 5.75 Å². The van der Waals surface area contributed by atoms with E-state index in [9.17, 15) is 4.79 Å². The maximum Gasteiger partial charge on any atom is 0.200 e. The molecule has 0 atom stereocenters. The molecule has 2 aromatic carbocycles. The van der Waals surface area contributed by atoms with E-state index in [0.717, 1.165) is 26.7 Å². The van der Waals surface area contributed by atoms with E-state index in [1.54, 1.807) is 18.9 Å². The van der Waals surface area contributed by atoms with Gasteiger partial charge in [0.15, 0.2) is 0 Å². The van der Waals surface area contributed by atoms with Gasteiger partial charge in [-0.3, -0.25) is 4.79 Å². The van der Waals surface area contributed by atoms with Crippen LogP contribution < -0.4 is 4.74 Å². The summed E-state index contributed by atoms with van der Waals surface area (Å²) >= 11 is 3.21. The Labute approximate surface area is 132 Å². The summed E-state index contributed by atoms with van der Waals surface area (Å²) in [6.07, 6.45) is 4.00. The number of ether oxygens (including phenoxy) is 1. The molecule has 0 N–H and O–H groups in total. The maximum absolute atomic E-state index is 12.4. The van der Waals surface area contributed by atoms with Crippen LogP contribution in [0.2, 0.25) is 0 Å². The largest absolute Gasteiger partial charge is 0.497 e. The van der Waals surface area contributed by atoms with Crippen LogP contribution >= 0.6 is 23.5 Å². The molecule has 0 aromatic heterocycles. The Morgan fingerprint density at radius 3 is 2.57 bits per heavy atom. The predicted molar refractivity (Wildman–Crippen MR) is 89.4 cm³/mol. The Balaban J connectivity index is 1.90. The third-order valence-corrected chi connectivity index (χ3v) is 5.12. The number of benzene rings is 2. The summed E-state index contributed by atoms with van der Waals surface area (Å²) in [4.78, 5) is 15.3. The SMILES string of the molecule is COc1ccc2c(c1)SC(=Cc1ccc(SC)cc1)C2=O. The first-order valence-electron chi connectivity index (χ1n) is 6.47. The quantitative estimate of drug-likeness (QED) is 0.603. The van der Waals surface area contributed by atoms with E-state index >= 15 is 0 Å². The van der Waals surface area contributed by atoms with Gasteiger partial charge < -0.3 is 4.74 Å². The summed E-state index contributed by atoms with van der Waals surface area (Å²) in [5.41, 5.74) is 1.80. The molecule has 1 heterocycles. The lowest BCUT2D eigenvalue weighted by atomic mass is 10.1. The molecule has 0 bridgehead atoms. The molecule has 0 radical (unpaired) electrons. The average Bonchev–Trinajstić information content (AvgIpc) is 2.83. The second-order valence-corrected chi connectivity index (χ2v) is 6.54. The van der Waals surface area contributed by atoms with E-state index < -0.39 is 0 Å². The topological polar surface area (TPSA) is 26.3 Å². The number of carbonyl (C=O) groups is 1. The Bertz CT molecular complexity index is 718. The summed E-state index contributed by atoms with van der Waals surface area (Å²) < 4.78 is 5.21. The Morgan fingerprint density at radius 1 is 1.14 bits per heavy atom. The van der Waals surface area contributed by atoms with Crippen LogP contribution in [0.3, 0.4) is 0 Å². The zero-order chi connectivity index (χ0) is 14.8. The molecule has 3 rings (SSSR count). The van der Waals surface area contributed by atoms with E-state index in [2.05, 4.69) is 12.1 Å². The molecule has 0 aliphatic carbocycles. The van der Waals surface area contributed by atoms with Gasteiger partial charge in [0.25, 0.3) is 0 Å². The van der Waals surface area contributed by atoms with Gasteiger partial charge in [-0.2, -0.15) is 0 Å². The molecule has 21 heavy (non-hydrogen) atoms. The second kappa shape index (κ2) is 6.00. The van der Waals surface area contributed by atoms with E-state index in [4.69, 9.17) is 4.74 Å². The summed E-state index contributed by atoms with van der Waals surface area (Å²) in [6.45, 7) is 0. The number of hydrogen-bond donors (Lipinski definition) is 0. The molecule has 0 saturated carbocycles. The van der Waals surface area contributed by atoms with Crippen LogP contribution in [0.5, 0.6) is 5.75 Å². The number of thioether (sulfide) groups is 2. The van der Waals surface area contributed by atoms with Crippen molar-refractivity contribution in [3.05, 3.63) is 58.5 Å². The molecular formula is C17H14O2S2. The smallest absolute Gasteiger partial charge is 0.200 e. The van der Waals surface area contributed by atoms with Gasteiger partial charge in [0, 0.05) is 15.4 Å². The number of allylic oxidation sites excluding steroid dienone is 1. The number of ketones is 1. The van der Waals surface area contributed by atoms with Crippen LogP contribution in [0, 0.1) is 0 Å². The lowest BCUT2D eigenvalue weighted by Gasteiger charge is -2.00. The molecule has 0 saturated heterocycles. The van der Waals surface area contributed by atoms with Crippen molar-refractivity contribution in [3.63, 3.8) is 0 Å². The molecule has 1 aliphatic rings. The van der Waals surface area contributed by atoms with E-state index in [1.807, 2.05) is 42.7 Å². The highest BCUT2D eigenvalue weighted by atomic mass is 32.2. The minimum Gasteiger partial charge on any atom is -0.497 e. The van der Waals surface area contributed by atoms with Crippen molar-refractivity contribution in [1.82, 2.24) is 0 Å². The van der Waals surface area contributed by atoms with Gasteiger partial charge in [0.2, 0.25) is 5.78 Å². The highest BCUT2D eigenvalue weighted by Crippen LogP contribution is 2.42. The van der Waals surface area contributed by atoms with Crippen molar-refractivity contribution in [2.24, 2.45) is 0 Å². The zero-order valence-corrected chi connectivity index (χ0v) is 13.4. The Hall–Kier alpha value is -1.65. The lowest BCUT2D eigenvalue weighted by molar-refractivity contribution is 0.104. The molecule has 0 amide bonds. The van der Waals surface area contributed by atoms with Crippen molar-refractivity contribution < 1.29 is 9.53 Å². The molecule has 2 aromatic rings. The van der Waals surface area contributed by atoms with Crippen LogP contribution in [0.15, 0.2) is 57.2 Å². The number of fused-ring (bicyclic) bond motifs is 1. The molecule has 0 unspecified atom stereocenters. The zero-order valence-electron chi connectivity index (χ0n) is 11.8. The number of rotatable bonds is 3. The molecule has 0 fully saturated rings. The van der Waals surface area contributed by atoms with E-state index in [-0.39, 0.29) is 5.78 Å². The summed E-state index contributed by atoms with van der Waals surface area (Å²) in [6, 6.07) is 13.8. The standard InChI is InChI=1S/C17H14O2S2/c1-19-12-5-8-14-15(10-12)21-16(17(14)18)9-11-3-6-13(20-2)7-4-11/h3-10H,1-2H3. The van der Waals surface area contributed by atoms with Crippen LogP contribution in [-0.4, -0.2) is 19.1 Å². The van der Waals surface area contributed by atoms with Crippen LogP contribution in [0.25, 0.3) is 6.08 Å². The average molecular weight is 314 g/mol. The van der Waals surface area contributed by atoms with Gasteiger partial charge >= 0.3 is 0 Å². The minimum absolute atomic E-state index is 0.0894. The number of methoxy groups -OCH3 is 1. The van der Waals surface area contributed by atoms with Gasteiger partial charge in [0.1, 0.15) is 5.75 Å². The van der Waals surface area contributed by atoms with Gasteiger partial charge in [-0.1, -0.05) is 23.9 Å². The van der Waals surface area contributed by atoms with Gasteiger partial charge in [0.05, 0.1) is 12.0 Å². The molecule has 4 heteroatoms. The molecule has 0 spiro atoms. The van der Waals surface area contributed by atoms with Gasteiger partial charge in [-0.05, 0) is 48.2 Å². The van der Waals surface area contributed by atoms with Crippen molar-refractivity contribution in [2.45, 2.75) is 9.79 Å². The Morgan fingerprint density at radius 2 is 1.90 bits per heavy atom. The third-order valence-electron chi connectivity index (χ3n) is 3.29. The lowest BCUT2D eigenvalue weighted by Crippen LogP contribution is -1.94. The number of carbonyl (C=O) groups excluding carboxylic acids is 1.